The third-order valence-corrected chi connectivity index (χ3v) is 9.42. The Morgan fingerprint density at radius 1 is 1.28 bits per heavy atom. The summed E-state index contributed by atoms with van der Waals surface area (Å²) in [5.74, 6) is -1.40. The molecule has 2 aromatic carbocycles. The third-order valence-electron chi connectivity index (χ3n) is 8.39. The maximum absolute atomic E-state index is 12.9. The second-order valence-corrected chi connectivity index (χ2v) is 11.4. The highest BCUT2D eigenvalue weighted by Crippen LogP contribution is 2.71. The smallest absolute Gasteiger partial charge is 0.276 e. The minimum atomic E-state index is -1.33. The quantitative estimate of drug-likeness (QED) is 0.320. The van der Waals surface area contributed by atoms with Gasteiger partial charge < -0.3 is 38.6 Å². The van der Waals surface area contributed by atoms with Gasteiger partial charge in [0.05, 0.1) is 29.7 Å². The van der Waals surface area contributed by atoms with Crippen LogP contribution < -0.4 is 9.47 Å². The zero-order chi connectivity index (χ0) is 25.2. The van der Waals surface area contributed by atoms with Crippen molar-refractivity contribution in [3.05, 3.63) is 28.3 Å². The number of phenols is 1. The number of carbonyl (C=O) groups excluding carboxylic acids is 1. The molecule has 192 valence electrons. The van der Waals surface area contributed by atoms with Gasteiger partial charge in [-0.15, -0.1) is 0 Å². The van der Waals surface area contributed by atoms with E-state index in [1.165, 1.54) is 0 Å². The van der Waals surface area contributed by atoms with Gasteiger partial charge in [-0.3, -0.25) is 4.79 Å². The van der Waals surface area contributed by atoms with Crippen LogP contribution in [0, 0.1) is 6.92 Å². The molecule has 2 N–H and O–H groups in total. The van der Waals surface area contributed by atoms with Crippen molar-refractivity contribution in [1.29, 1.82) is 0 Å². The molecule has 0 amide bonds. The van der Waals surface area contributed by atoms with Crippen LogP contribution in [0.4, 0.5) is 0 Å². The molecule has 36 heavy (non-hydrogen) atoms. The number of benzene rings is 2. The number of methoxy groups -OCH3 is 2. The lowest BCUT2D eigenvalue weighted by Crippen LogP contribution is -2.67. The van der Waals surface area contributed by atoms with E-state index in [2.05, 4.69) is 0 Å². The Hall–Kier alpha value is -2.21. The van der Waals surface area contributed by atoms with Gasteiger partial charge in [0.25, 0.3) is 5.79 Å². The van der Waals surface area contributed by atoms with Crippen molar-refractivity contribution in [2.45, 2.75) is 62.5 Å². The molecule has 1 unspecified atom stereocenters. The van der Waals surface area contributed by atoms with Crippen LogP contribution >= 0.6 is 11.4 Å². The van der Waals surface area contributed by atoms with Crippen LogP contribution in [0.15, 0.2) is 6.07 Å². The number of hydrogen-bond acceptors (Lipinski definition) is 8. The first-order valence-electron chi connectivity index (χ1n) is 12.1. The van der Waals surface area contributed by atoms with Crippen molar-refractivity contribution in [3.63, 3.8) is 0 Å². The number of carbonyl (C=O) groups is 1. The maximum Gasteiger partial charge on any atom is 0.276 e. The van der Waals surface area contributed by atoms with Gasteiger partial charge >= 0.3 is 0 Å². The number of aryl methyl sites for hydroxylation is 1. The van der Waals surface area contributed by atoms with E-state index in [0.29, 0.717) is 70.8 Å². The topological polar surface area (TPSA) is 116 Å². The lowest BCUT2D eigenvalue weighted by Gasteiger charge is -2.48. The number of fused-ring (bicyclic) bond motifs is 8. The number of rotatable bonds is 4. The van der Waals surface area contributed by atoms with Crippen LogP contribution in [0.25, 0.3) is 10.8 Å². The Labute approximate surface area is 211 Å². The lowest BCUT2D eigenvalue weighted by molar-refractivity contribution is -0.283. The fourth-order valence-corrected chi connectivity index (χ4v) is 7.65. The zero-order valence-corrected chi connectivity index (χ0v) is 21.4. The highest BCUT2D eigenvalue weighted by Gasteiger charge is 2.91. The fraction of sp³-hybridized carbons (Fsp3) is 0.538. The van der Waals surface area contributed by atoms with E-state index in [9.17, 15) is 15.0 Å². The predicted molar refractivity (Wildman–Crippen MR) is 132 cm³/mol. The number of Topliss-reactive ketones (excluding diaryl/α,β-unsaturated/α-hetero) is 1. The Bertz CT molecular complexity index is 1390. The van der Waals surface area contributed by atoms with Crippen LogP contribution in [0.2, 0.25) is 0 Å². The largest absolute Gasteiger partial charge is 0.506 e. The Kier molecular flexibility index (Phi) is 4.60. The lowest BCUT2D eigenvalue weighted by atomic mass is 9.78. The highest BCUT2D eigenvalue weighted by molar-refractivity contribution is 7.98. The van der Waals surface area contributed by atoms with E-state index < -0.39 is 29.4 Å². The zero-order valence-electron chi connectivity index (χ0n) is 20.5. The molecular formula is C26H28O9S. The number of aromatic hydroxyl groups is 1. The molecule has 0 aromatic heterocycles. The van der Waals surface area contributed by atoms with Crippen LogP contribution in [-0.4, -0.2) is 70.9 Å². The summed E-state index contributed by atoms with van der Waals surface area (Å²) in [5, 5.41) is 22.7. The molecule has 0 radical (unpaired) electrons. The van der Waals surface area contributed by atoms with Crippen molar-refractivity contribution in [1.82, 2.24) is 0 Å². The summed E-state index contributed by atoms with van der Waals surface area (Å²) in [6, 6.07) is 1.95. The van der Waals surface area contributed by atoms with Crippen molar-refractivity contribution in [2.75, 3.05) is 26.6 Å². The Morgan fingerprint density at radius 3 is 2.72 bits per heavy atom. The number of aliphatic hydroxyl groups is 1. The van der Waals surface area contributed by atoms with Crippen molar-refractivity contribution < 1.29 is 43.4 Å². The molecule has 4 aliphatic heterocycles. The molecule has 9 nitrogen and oxygen atoms in total. The Balaban J connectivity index is 1.52. The van der Waals surface area contributed by atoms with E-state index >= 15 is 0 Å². The van der Waals surface area contributed by atoms with Crippen LogP contribution in [0.1, 0.15) is 52.9 Å². The van der Waals surface area contributed by atoms with E-state index in [-0.39, 0.29) is 16.6 Å². The summed E-state index contributed by atoms with van der Waals surface area (Å²) in [5.41, 5.74) is 1.61. The van der Waals surface area contributed by atoms with Crippen LogP contribution in [-0.2, 0) is 25.4 Å². The minimum Gasteiger partial charge on any atom is -0.506 e. The van der Waals surface area contributed by atoms with Gasteiger partial charge in [-0.2, -0.15) is 11.4 Å². The number of ketones is 1. The molecule has 10 heteroatoms. The van der Waals surface area contributed by atoms with Gasteiger partial charge in [0.2, 0.25) is 11.4 Å². The van der Waals surface area contributed by atoms with Crippen molar-refractivity contribution >= 4 is 33.0 Å². The standard InChI is InChI=1S/C26H28O9S/c1-11-8-14-18(19(29)17-13(20(14)30-3)6-5-7-15(17)28)21-16(11)22-23-26(31-4,34-21)24(9-32-24)25(33-22,35-23)10-36-12(2)27/h8,22-23,27,29,36H,5-7,9-10H2,1-4H3/t22?,23-,24-,25-,26-/m1/s1. The molecular weight excluding hydrogens is 488 g/mol. The summed E-state index contributed by atoms with van der Waals surface area (Å²) in [6.45, 7) is 3.89. The minimum absolute atomic E-state index is 0.106. The summed E-state index contributed by atoms with van der Waals surface area (Å²) >= 11 is 0.656. The molecule has 3 saturated heterocycles. The van der Waals surface area contributed by atoms with E-state index in [0.717, 1.165) is 16.7 Å². The number of phenolic OH excluding ortho intramolecular Hbond substituents is 1. The number of thiol groups is 1. The van der Waals surface area contributed by atoms with E-state index in [4.69, 9.17) is 28.4 Å². The summed E-state index contributed by atoms with van der Waals surface area (Å²) in [7, 11) is 3.13. The van der Waals surface area contributed by atoms with Crippen molar-refractivity contribution in [2.24, 2.45) is 0 Å². The average molecular weight is 517 g/mol. The first kappa shape index (κ1) is 22.9. The van der Waals surface area contributed by atoms with Crippen LogP contribution in [0.3, 0.4) is 0 Å². The van der Waals surface area contributed by atoms with Crippen LogP contribution in [0.5, 0.6) is 17.2 Å². The summed E-state index contributed by atoms with van der Waals surface area (Å²) in [4.78, 5) is 12.9. The SMILES string of the molecule is COc1c2c(c(O)c3c4c(c(C)cc13)C1O[C@]3(C[SH]=C(C)O)O[C@H]1[C@@](OC)(O4)[C@@]31CO1)C(=O)CCC2. The number of ether oxygens (including phenoxy) is 6. The van der Waals surface area contributed by atoms with Gasteiger partial charge in [-0.05, 0) is 38.3 Å². The molecule has 2 bridgehead atoms. The first-order valence-corrected chi connectivity index (χ1v) is 13.2. The molecule has 2 aromatic rings. The monoisotopic (exact) mass is 516 g/mol. The van der Waals surface area contributed by atoms with E-state index in [1.54, 1.807) is 21.1 Å². The molecule has 5 aliphatic rings. The molecule has 0 saturated carbocycles. The first-order chi connectivity index (χ1) is 17.2. The van der Waals surface area contributed by atoms with Gasteiger partial charge in [0.1, 0.15) is 23.4 Å². The second kappa shape index (κ2) is 7.21. The molecule has 1 aliphatic carbocycles. The normalized spacial score (nSPS) is 35.9. The average Bonchev–Trinajstić information content (AvgIpc) is 3.51. The summed E-state index contributed by atoms with van der Waals surface area (Å²) < 4.78 is 37.8. The molecule has 1 spiro atoms. The van der Waals surface area contributed by atoms with Gasteiger partial charge in [0, 0.05) is 35.8 Å². The molecule has 4 heterocycles. The Morgan fingerprint density at radius 2 is 2.06 bits per heavy atom. The number of epoxide rings is 1. The predicted octanol–water partition coefficient (Wildman–Crippen LogP) is 3.23. The van der Waals surface area contributed by atoms with Gasteiger partial charge in [-0.1, -0.05) is 0 Å². The molecule has 3 fully saturated rings. The molecule has 5 atom stereocenters. The van der Waals surface area contributed by atoms with Gasteiger partial charge in [0.15, 0.2) is 11.9 Å². The number of hydrogen-bond donors (Lipinski definition) is 3. The van der Waals surface area contributed by atoms with Gasteiger partial charge in [-0.25, -0.2) is 0 Å². The van der Waals surface area contributed by atoms with E-state index in [1.807, 2.05) is 13.0 Å². The summed E-state index contributed by atoms with van der Waals surface area (Å²) in [6.07, 6.45) is 0.550. The number of aliphatic hydroxyl groups excluding tert-OH is 1. The fourth-order valence-electron chi connectivity index (χ4n) is 6.81. The highest BCUT2D eigenvalue weighted by atomic mass is 32.1. The third kappa shape index (κ3) is 2.46. The maximum atomic E-state index is 12.9. The second-order valence-electron chi connectivity index (χ2n) is 10.2. The molecule has 7 rings (SSSR count). The van der Waals surface area contributed by atoms with Crippen molar-refractivity contribution in [3.8, 4) is 17.2 Å².